The number of H-pyrrole nitrogens is 1. The van der Waals surface area contributed by atoms with E-state index in [4.69, 9.17) is 4.74 Å². The van der Waals surface area contributed by atoms with Crippen LogP contribution in [0.25, 0.3) is 0 Å². The number of piperazine rings is 1. The number of benzene rings is 1. The maximum absolute atomic E-state index is 12.7. The molecule has 1 fully saturated rings. The van der Waals surface area contributed by atoms with Crippen molar-refractivity contribution in [3.05, 3.63) is 53.9 Å². The largest absolute Gasteiger partial charge is 0.494 e. The minimum absolute atomic E-state index is 0.00726. The van der Waals surface area contributed by atoms with Crippen LogP contribution in [-0.4, -0.2) is 59.4 Å². The van der Waals surface area contributed by atoms with Gasteiger partial charge in [0.25, 0.3) is 5.91 Å². The number of nitrogens with one attached hydrogen (secondary N) is 1. The normalized spacial score (nSPS) is 14.3. The molecule has 2 aromatic rings. The van der Waals surface area contributed by atoms with Crippen LogP contribution in [-0.2, 0) is 11.2 Å². The molecular weight excluding hydrogens is 342 g/mol. The van der Waals surface area contributed by atoms with Gasteiger partial charge in [0.05, 0.1) is 13.0 Å². The first-order chi connectivity index (χ1) is 13.2. The number of hydrogen-bond acceptors (Lipinski definition) is 3. The van der Waals surface area contributed by atoms with Crippen LogP contribution >= 0.6 is 0 Å². The minimum Gasteiger partial charge on any atom is -0.494 e. The van der Waals surface area contributed by atoms with Gasteiger partial charge >= 0.3 is 0 Å². The SMILES string of the molecule is CCCCOc1ccc(C(=O)N2CCN(C(=O)Cc3cc[nH]c3)CC2)cc1. The number of ether oxygens (including phenoxy) is 1. The average molecular weight is 369 g/mol. The highest BCUT2D eigenvalue weighted by Crippen LogP contribution is 2.16. The molecule has 0 unspecified atom stereocenters. The second kappa shape index (κ2) is 9.26. The van der Waals surface area contributed by atoms with Crippen LogP contribution in [0.1, 0.15) is 35.7 Å². The van der Waals surface area contributed by atoms with E-state index in [0.29, 0.717) is 44.8 Å². The molecule has 1 aliphatic heterocycles. The molecule has 0 spiro atoms. The van der Waals surface area contributed by atoms with Crippen LogP contribution < -0.4 is 4.74 Å². The van der Waals surface area contributed by atoms with Crippen LogP contribution in [0.2, 0.25) is 0 Å². The van der Waals surface area contributed by atoms with Crippen LogP contribution in [0, 0.1) is 0 Å². The number of rotatable bonds is 7. The smallest absolute Gasteiger partial charge is 0.253 e. The van der Waals surface area contributed by atoms with E-state index in [9.17, 15) is 9.59 Å². The van der Waals surface area contributed by atoms with Crippen LogP contribution in [0.4, 0.5) is 0 Å². The summed E-state index contributed by atoms with van der Waals surface area (Å²) in [7, 11) is 0. The molecule has 0 aliphatic carbocycles. The maximum Gasteiger partial charge on any atom is 0.253 e. The van der Waals surface area contributed by atoms with Gasteiger partial charge in [-0.05, 0) is 42.3 Å². The standard InChI is InChI=1S/C21H27N3O3/c1-2-3-14-27-19-6-4-18(5-7-19)21(26)24-12-10-23(11-13-24)20(25)15-17-8-9-22-16-17/h4-9,16,22H,2-3,10-15H2,1H3. The fourth-order valence-electron chi connectivity index (χ4n) is 3.12. The average Bonchev–Trinajstić information content (AvgIpc) is 3.21. The van der Waals surface area contributed by atoms with Gasteiger partial charge < -0.3 is 19.5 Å². The summed E-state index contributed by atoms with van der Waals surface area (Å²) in [5.41, 5.74) is 1.64. The lowest BCUT2D eigenvalue weighted by Crippen LogP contribution is -2.51. The highest BCUT2D eigenvalue weighted by Gasteiger charge is 2.24. The van der Waals surface area contributed by atoms with Crippen LogP contribution in [0.5, 0.6) is 5.75 Å². The summed E-state index contributed by atoms with van der Waals surface area (Å²) >= 11 is 0. The quantitative estimate of drug-likeness (QED) is 0.763. The lowest BCUT2D eigenvalue weighted by molar-refractivity contribution is -0.131. The Balaban J connectivity index is 1.48. The molecule has 1 aliphatic rings. The number of nitrogens with zero attached hydrogens (tertiary/aromatic N) is 2. The number of carbonyl (C=O) groups excluding carboxylic acids is 2. The van der Waals surface area contributed by atoms with Gasteiger partial charge in [0, 0.05) is 44.1 Å². The summed E-state index contributed by atoms with van der Waals surface area (Å²) in [5, 5.41) is 0. The number of amides is 2. The predicted molar refractivity (Wildman–Crippen MR) is 104 cm³/mol. The van der Waals surface area contributed by atoms with Gasteiger partial charge in [0.1, 0.15) is 5.75 Å². The third-order valence-corrected chi connectivity index (χ3v) is 4.81. The summed E-state index contributed by atoms with van der Waals surface area (Å²) in [4.78, 5) is 31.6. The first kappa shape index (κ1) is 19.0. The van der Waals surface area contributed by atoms with Crippen molar-refractivity contribution >= 4 is 11.8 Å². The Morgan fingerprint density at radius 3 is 2.37 bits per heavy atom. The number of aromatic nitrogens is 1. The Morgan fingerprint density at radius 1 is 1.04 bits per heavy atom. The van der Waals surface area contributed by atoms with E-state index < -0.39 is 0 Å². The van der Waals surface area contributed by atoms with Gasteiger partial charge in [-0.1, -0.05) is 13.3 Å². The van der Waals surface area contributed by atoms with Gasteiger partial charge in [0.15, 0.2) is 0 Å². The van der Waals surface area contributed by atoms with Gasteiger partial charge in [0.2, 0.25) is 5.91 Å². The number of unbranched alkanes of at least 4 members (excludes halogenated alkanes) is 1. The zero-order valence-corrected chi connectivity index (χ0v) is 15.8. The third kappa shape index (κ3) is 5.12. The highest BCUT2D eigenvalue weighted by molar-refractivity contribution is 5.94. The van der Waals surface area contributed by atoms with Crippen LogP contribution in [0.3, 0.4) is 0 Å². The van der Waals surface area contributed by atoms with E-state index >= 15 is 0 Å². The van der Waals surface area contributed by atoms with Gasteiger partial charge in [-0.2, -0.15) is 0 Å². The van der Waals surface area contributed by atoms with E-state index in [1.807, 2.05) is 52.5 Å². The fourth-order valence-corrected chi connectivity index (χ4v) is 3.12. The zero-order chi connectivity index (χ0) is 19.1. The van der Waals surface area contributed by atoms with Gasteiger partial charge in [-0.25, -0.2) is 0 Å². The topological polar surface area (TPSA) is 65.6 Å². The molecule has 1 saturated heterocycles. The molecule has 2 amide bonds. The van der Waals surface area contributed by atoms with Crippen molar-refractivity contribution in [3.63, 3.8) is 0 Å². The lowest BCUT2D eigenvalue weighted by atomic mass is 10.1. The van der Waals surface area contributed by atoms with Crippen LogP contribution in [0.15, 0.2) is 42.7 Å². The molecule has 0 saturated carbocycles. The molecule has 0 radical (unpaired) electrons. The Bertz CT molecular complexity index is 733. The maximum atomic E-state index is 12.7. The molecule has 6 nitrogen and oxygen atoms in total. The van der Waals surface area contributed by atoms with Crippen molar-refractivity contribution in [2.75, 3.05) is 32.8 Å². The number of aromatic amines is 1. The van der Waals surface area contributed by atoms with Crippen molar-refractivity contribution in [1.29, 1.82) is 0 Å². The molecule has 2 heterocycles. The highest BCUT2D eigenvalue weighted by atomic mass is 16.5. The molecule has 6 heteroatoms. The first-order valence-corrected chi connectivity index (χ1v) is 9.59. The molecular formula is C21H27N3O3. The third-order valence-electron chi connectivity index (χ3n) is 4.81. The minimum atomic E-state index is 0.00726. The van der Waals surface area contributed by atoms with E-state index in [2.05, 4.69) is 11.9 Å². The van der Waals surface area contributed by atoms with E-state index in [1.165, 1.54) is 0 Å². The van der Waals surface area contributed by atoms with Crippen molar-refractivity contribution in [2.45, 2.75) is 26.2 Å². The zero-order valence-electron chi connectivity index (χ0n) is 15.8. The fraction of sp³-hybridized carbons (Fsp3) is 0.429. The Morgan fingerprint density at radius 2 is 1.74 bits per heavy atom. The Kier molecular flexibility index (Phi) is 6.52. The molecule has 1 aromatic heterocycles. The van der Waals surface area contributed by atoms with E-state index in [1.54, 1.807) is 0 Å². The lowest BCUT2D eigenvalue weighted by Gasteiger charge is -2.35. The molecule has 0 atom stereocenters. The molecule has 0 bridgehead atoms. The molecule has 1 N–H and O–H groups in total. The summed E-state index contributed by atoms with van der Waals surface area (Å²) in [6, 6.07) is 9.23. The Labute approximate surface area is 160 Å². The summed E-state index contributed by atoms with van der Waals surface area (Å²) in [5.74, 6) is 0.906. The van der Waals surface area contributed by atoms with Crippen molar-refractivity contribution < 1.29 is 14.3 Å². The summed E-state index contributed by atoms with van der Waals surface area (Å²) in [6.07, 6.45) is 6.17. The van der Waals surface area contributed by atoms with Gasteiger partial charge in [-0.3, -0.25) is 9.59 Å². The molecule has 27 heavy (non-hydrogen) atoms. The Hall–Kier alpha value is -2.76. The number of hydrogen-bond donors (Lipinski definition) is 1. The summed E-state index contributed by atoms with van der Waals surface area (Å²) < 4.78 is 5.64. The van der Waals surface area contributed by atoms with Gasteiger partial charge in [-0.15, -0.1) is 0 Å². The first-order valence-electron chi connectivity index (χ1n) is 9.59. The second-order valence-corrected chi connectivity index (χ2v) is 6.80. The van der Waals surface area contributed by atoms with Crippen molar-refractivity contribution in [1.82, 2.24) is 14.8 Å². The molecule has 1 aromatic carbocycles. The molecule has 3 rings (SSSR count). The summed E-state index contributed by atoms with van der Waals surface area (Å²) in [6.45, 7) is 5.10. The predicted octanol–water partition coefficient (Wildman–Crippen LogP) is 2.72. The monoisotopic (exact) mass is 369 g/mol. The van der Waals surface area contributed by atoms with E-state index in [0.717, 1.165) is 24.2 Å². The molecule has 144 valence electrons. The van der Waals surface area contributed by atoms with E-state index in [-0.39, 0.29) is 11.8 Å². The second-order valence-electron chi connectivity index (χ2n) is 6.80. The van der Waals surface area contributed by atoms with Crippen molar-refractivity contribution in [3.8, 4) is 5.75 Å². The number of carbonyl (C=O) groups is 2. The van der Waals surface area contributed by atoms with Crippen molar-refractivity contribution in [2.24, 2.45) is 0 Å².